The third-order valence-electron chi connectivity index (χ3n) is 9.42. The van der Waals surface area contributed by atoms with E-state index in [1.165, 1.54) is 62.3 Å². The van der Waals surface area contributed by atoms with Gasteiger partial charge in [-0.1, -0.05) is 56.2 Å². The highest BCUT2D eigenvalue weighted by molar-refractivity contribution is 5.84. The van der Waals surface area contributed by atoms with Crippen LogP contribution in [0.25, 0.3) is 16.6 Å². The van der Waals surface area contributed by atoms with Crippen molar-refractivity contribution in [3.8, 4) is 0 Å². The Morgan fingerprint density at radius 3 is 2.71 bits per heavy atom. The monoisotopic (exact) mass is 371 g/mol. The summed E-state index contributed by atoms with van der Waals surface area (Å²) in [6, 6.07) is 11.2. The maximum atomic E-state index is 2.69. The van der Waals surface area contributed by atoms with Crippen LogP contribution < -0.4 is 0 Å². The molecule has 3 unspecified atom stereocenters. The molecule has 0 bridgehead atoms. The molecular formula is C27H33N. The van der Waals surface area contributed by atoms with E-state index >= 15 is 0 Å². The average Bonchev–Trinajstić information content (AvgIpc) is 3.28. The third kappa shape index (κ3) is 2.14. The van der Waals surface area contributed by atoms with Crippen molar-refractivity contribution >= 4 is 16.6 Å². The fourth-order valence-corrected chi connectivity index (χ4v) is 7.91. The van der Waals surface area contributed by atoms with Gasteiger partial charge in [0.05, 0.1) is 5.52 Å². The summed E-state index contributed by atoms with van der Waals surface area (Å²) in [6.45, 7) is 5.21. The first-order chi connectivity index (χ1) is 13.6. The van der Waals surface area contributed by atoms with Crippen molar-refractivity contribution in [2.24, 2.45) is 28.6 Å². The van der Waals surface area contributed by atoms with Crippen LogP contribution in [-0.2, 0) is 0 Å². The summed E-state index contributed by atoms with van der Waals surface area (Å²) in [7, 11) is 0. The minimum atomic E-state index is 0.333. The summed E-state index contributed by atoms with van der Waals surface area (Å²) in [5.74, 6) is 2.61. The Hall–Kier alpha value is -1.76. The van der Waals surface area contributed by atoms with E-state index in [1.807, 2.05) is 5.57 Å². The molecule has 146 valence electrons. The predicted octanol–water partition coefficient (Wildman–Crippen LogP) is 7.45. The molecule has 6 rings (SSSR count). The molecule has 1 heteroatoms. The SMILES string of the molecule is C[C@]12CCCCC1=CCC1C2CC[C@]2(C)C(n3ccc4ccccc43)=CCC12. The van der Waals surface area contributed by atoms with Gasteiger partial charge in [0.1, 0.15) is 0 Å². The van der Waals surface area contributed by atoms with Gasteiger partial charge in [0, 0.05) is 17.3 Å². The van der Waals surface area contributed by atoms with Crippen LogP contribution in [0.3, 0.4) is 0 Å². The minimum absolute atomic E-state index is 0.333. The molecule has 4 aliphatic carbocycles. The third-order valence-corrected chi connectivity index (χ3v) is 9.42. The van der Waals surface area contributed by atoms with Crippen LogP contribution in [-0.4, -0.2) is 4.57 Å². The summed E-state index contributed by atoms with van der Waals surface area (Å²) in [6.07, 6.45) is 18.7. The first kappa shape index (κ1) is 17.1. The number of fused-ring (bicyclic) bond motifs is 6. The smallest absolute Gasteiger partial charge is 0.0525 e. The normalized spacial score (nSPS) is 39.7. The van der Waals surface area contributed by atoms with Crippen molar-refractivity contribution in [2.75, 3.05) is 0 Å². The van der Waals surface area contributed by atoms with Gasteiger partial charge in [-0.05, 0) is 85.6 Å². The molecule has 0 aliphatic heterocycles. The van der Waals surface area contributed by atoms with Crippen molar-refractivity contribution in [2.45, 2.75) is 65.2 Å². The van der Waals surface area contributed by atoms with E-state index in [0.29, 0.717) is 10.8 Å². The number of allylic oxidation sites excluding steroid dienone is 4. The highest BCUT2D eigenvalue weighted by Crippen LogP contribution is 2.65. The van der Waals surface area contributed by atoms with Gasteiger partial charge in [-0.25, -0.2) is 0 Å². The molecule has 2 fully saturated rings. The van der Waals surface area contributed by atoms with Crippen molar-refractivity contribution in [3.63, 3.8) is 0 Å². The molecule has 1 aromatic carbocycles. The van der Waals surface area contributed by atoms with Crippen LogP contribution in [0, 0.1) is 28.6 Å². The van der Waals surface area contributed by atoms with Crippen LogP contribution >= 0.6 is 0 Å². The maximum Gasteiger partial charge on any atom is 0.0525 e. The zero-order valence-corrected chi connectivity index (χ0v) is 17.5. The zero-order chi connectivity index (χ0) is 18.9. The largest absolute Gasteiger partial charge is 0.320 e. The molecule has 0 saturated heterocycles. The number of hydrogen-bond donors (Lipinski definition) is 0. The standard InChI is InChI=1S/C27H33N/c1-26-16-6-5-8-20(26)10-11-21-22-12-13-25(27(22,2)17-14-23(21)26)28-18-15-19-7-3-4-9-24(19)28/h3-4,7,9-10,13,15,18,21-23H,5-6,8,11-12,14,16-17H2,1-2H3/t21?,22?,23?,26-,27-/m0/s1. The lowest BCUT2D eigenvalue weighted by Gasteiger charge is -2.57. The minimum Gasteiger partial charge on any atom is -0.320 e. The lowest BCUT2D eigenvalue weighted by Crippen LogP contribution is -2.49. The van der Waals surface area contributed by atoms with Gasteiger partial charge in [0.2, 0.25) is 0 Å². The Morgan fingerprint density at radius 1 is 0.893 bits per heavy atom. The first-order valence-corrected chi connectivity index (χ1v) is 11.6. The molecule has 1 nitrogen and oxygen atoms in total. The van der Waals surface area contributed by atoms with Gasteiger partial charge in [0.25, 0.3) is 0 Å². The Kier molecular flexibility index (Phi) is 3.59. The van der Waals surface area contributed by atoms with E-state index in [1.54, 1.807) is 5.70 Å². The van der Waals surface area contributed by atoms with Crippen LogP contribution in [0.5, 0.6) is 0 Å². The summed E-state index contributed by atoms with van der Waals surface area (Å²) in [5.41, 5.74) is 5.62. The van der Waals surface area contributed by atoms with E-state index in [4.69, 9.17) is 0 Å². The topological polar surface area (TPSA) is 4.93 Å². The molecule has 0 radical (unpaired) electrons. The molecule has 1 heterocycles. The second-order valence-electron chi connectivity index (χ2n) is 10.5. The highest BCUT2D eigenvalue weighted by atomic mass is 15.0. The molecule has 28 heavy (non-hydrogen) atoms. The second-order valence-corrected chi connectivity index (χ2v) is 10.5. The Labute approximate surface area is 169 Å². The Bertz CT molecular complexity index is 991. The molecule has 0 spiro atoms. The van der Waals surface area contributed by atoms with Gasteiger partial charge >= 0.3 is 0 Å². The van der Waals surface area contributed by atoms with Crippen molar-refractivity contribution < 1.29 is 0 Å². The van der Waals surface area contributed by atoms with Gasteiger partial charge < -0.3 is 4.57 Å². The van der Waals surface area contributed by atoms with Crippen molar-refractivity contribution in [1.29, 1.82) is 0 Å². The number of hydrogen-bond acceptors (Lipinski definition) is 0. The number of rotatable bonds is 1. The van der Waals surface area contributed by atoms with Gasteiger partial charge in [-0.15, -0.1) is 0 Å². The number of para-hydroxylation sites is 1. The van der Waals surface area contributed by atoms with Crippen molar-refractivity contribution in [1.82, 2.24) is 4.57 Å². The maximum absolute atomic E-state index is 2.69. The molecule has 0 amide bonds. The molecule has 2 saturated carbocycles. The van der Waals surface area contributed by atoms with E-state index in [9.17, 15) is 0 Å². The van der Waals surface area contributed by atoms with Crippen LogP contribution in [0.2, 0.25) is 0 Å². The summed E-state index contributed by atoms with van der Waals surface area (Å²) >= 11 is 0. The second kappa shape index (κ2) is 5.88. The summed E-state index contributed by atoms with van der Waals surface area (Å²) in [4.78, 5) is 0. The lowest BCUT2D eigenvalue weighted by atomic mass is 9.48. The molecule has 1 aromatic heterocycles. The van der Waals surface area contributed by atoms with Crippen LogP contribution in [0.15, 0.2) is 54.3 Å². The number of aromatic nitrogens is 1. The van der Waals surface area contributed by atoms with E-state index in [2.05, 4.69) is 67.1 Å². The van der Waals surface area contributed by atoms with Gasteiger partial charge in [0.15, 0.2) is 0 Å². The summed E-state index contributed by atoms with van der Waals surface area (Å²) < 4.78 is 2.52. The molecule has 4 aliphatic rings. The fraction of sp³-hybridized carbons (Fsp3) is 0.556. The average molecular weight is 372 g/mol. The predicted molar refractivity (Wildman–Crippen MR) is 118 cm³/mol. The zero-order valence-electron chi connectivity index (χ0n) is 17.5. The molecule has 2 aromatic rings. The molecule has 0 N–H and O–H groups in total. The Balaban J connectivity index is 1.38. The number of benzene rings is 1. The van der Waals surface area contributed by atoms with Gasteiger partial charge in [-0.2, -0.15) is 0 Å². The van der Waals surface area contributed by atoms with E-state index in [0.717, 1.165) is 17.8 Å². The lowest BCUT2D eigenvalue weighted by molar-refractivity contribution is -0.0112. The quantitative estimate of drug-likeness (QED) is 0.459. The Morgan fingerprint density at radius 2 is 1.79 bits per heavy atom. The molecular weight excluding hydrogens is 338 g/mol. The molecule has 5 atom stereocenters. The van der Waals surface area contributed by atoms with Crippen LogP contribution in [0.1, 0.15) is 65.2 Å². The van der Waals surface area contributed by atoms with Gasteiger partial charge in [-0.3, -0.25) is 0 Å². The highest BCUT2D eigenvalue weighted by Gasteiger charge is 2.56. The summed E-state index contributed by atoms with van der Waals surface area (Å²) in [5, 5.41) is 1.36. The van der Waals surface area contributed by atoms with E-state index < -0.39 is 0 Å². The number of nitrogens with zero attached hydrogens (tertiary/aromatic N) is 1. The van der Waals surface area contributed by atoms with E-state index in [-0.39, 0.29) is 0 Å². The first-order valence-electron chi connectivity index (χ1n) is 11.6. The van der Waals surface area contributed by atoms with Crippen molar-refractivity contribution in [3.05, 3.63) is 54.3 Å². The van der Waals surface area contributed by atoms with Crippen LogP contribution in [0.4, 0.5) is 0 Å². The fourth-order valence-electron chi connectivity index (χ4n) is 7.91.